The van der Waals surface area contributed by atoms with E-state index in [1.165, 1.54) is 0 Å². The molecule has 0 aliphatic heterocycles. The molecule has 1 aliphatic carbocycles. The summed E-state index contributed by atoms with van der Waals surface area (Å²) in [4.78, 5) is 20.5. The second kappa shape index (κ2) is 6.24. The van der Waals surface area contributed by atoms with Crippen molar-refractivity contribution in [1.29, 1.82) is 0 Å². The van der Waals surface area contributed by atoms with E-state index in [1.807, 2.05) is 48.5 Å². The predicted octanol–water partition coefficient (Wildman–Crippen LogP) is 3.99. The SMILES string of the molecule is O=C1CCc2cc(Oc3ccnc(Cc4ccccc4)n3)ccc21. The van der Waals surface area contributed by atoms with Gasteiger partial charge in [-0.05, 0) is 35.7 Å². The molecule has 118 valence electrons. The number of fused-ring (bicyclic) bond motifs is 1. The summed E-state index contributed by atoms with van der Waals surface area (Å²) in [6, 6.07) is 17.4. The fourth-order valence-corrected chi connectivity index (χ4v) is 2.92. The topological polar surface area (TPSA) is 52.1 Å². The Morgan fingerprint density at radius 2 is 1.88 bits per heavy atom. The van der Waals surface area contributed by atoms with Gasteiger partial charge in [0.1, 0.15) is 11.6 Å². The van der Waals surface area contributed by atoms with Crippen LogP contribution in [0.25, 0.3) is 0 Å². The summed E-state index contributed by atoms with van der Waals surface area (Å²) >= 11 is 0. The number of hydrogen-bond donors (Lipinski definition) is 0. The van der Waals surface area contributed by atoms with Crippen molar-refractivity contribution < 1.29 is 9.53 Å². The van der Waals surface area contributed by atoms with E-state index in [4.69, 9.17) is 4.74 Å². The van der Waals surface area contributed by atoms with Gasteiger partial charge >= 0.3 is 0 Å². The monoisotopic (exact) mass is 316 g/mol. The number of nitrogens with zero attached hydrogens (tertiary/aromatic N) is 2. The highest BCUT2D eigenvalue weighted by atomic mass is 16.5. The van der Waals surface area contributed by atoms with Crippen LogP contribution in [0.1, 0.15) is 33.7 Å². The first kappa shape index (κ1) is 14.6. The minimum absolute atomic E-state index is 0.212. The Hall–Kier alpha value is -3.01. The lowest BCUT2D eigenvalue weighted by molar-refractivity contribution is 0.0994. The van der Waals surface area contributed by atoms with Crippen molar-refractivity contribution in [3.05, 3.63) is 83.3 Å². The molecule has 0 amide bonds. The second-order valence-electron chi connectivity index (χ2n) is 5.82. The second-order valence-corrected chi connectivity index (χ2v) is 5.82. The summed E-state index contributed by atoms with van der Waals surface area (Å²) in [5.41, 5.74) is 3.02. The zero-order chi connectivity index (χ0) is 16.4. The van der Waals surface area contributed by atoms with E-state index in [0.717, 1.165) is 28.9 Å². The van der Waals surface area contributed by atoms with Gasteiger partial charge in [0.25, 0.3) is 0 Å². The van der Waals surface area contributed by atoms with Crippen LogP contribution >= 0.6 is 0 Å². The van der Waals surface area contributed by atoms with Gasteiger partial charge in [0.15, 0.2) is 5.78 Å². The maximum atomic E-state index is 11.7. The molecule has 0 fully saturated rings. The molecule has 3 aromatic rings. The molecule has 0 spiro atoms. The van der Waals surface area contributed by atoms with Crippen molar-refractivity contribution in [1.82, 2.24) is 9.97 Å². The summed E-state index contributed by atoms with van der Waals surface area (Å²) in [6.07, 6.45) is 3.75. The zero-order valence-electron chi connectivity index (χ0n) is 13.1. The Morgan fingerprint density at radius 1 is 1.00 bits per heavy atom. The van der Waals surface area contributed by atoms with E-state index in [0.29, 0.717) is 24.5 Å². The average molecular weight is 316 g/mol. The number of rotatable bonds is 4. The van der Waals surface area contributed by atoms with Gasteiger partial charge in [0, 0.05) is 30.7 Å². The van der Waals surface area contributed by atoms with Crippen molar-refractivity contribution in [3.8, 4) is 11.6 Å². The minimum Gasteiger partial charge on any atom is -0.439 e. The largest absolute Gasteiger partial charge is 0.439 e. The van der Waals surface area contributed by atoms with Crippen LogP contribution in [0, 0.1) is 0 Å². The summed E-state index contributed by atoms with van der Waals surface area (Å²) in [7, 11) is 0. The van der Waals surface area contributed by atoms with Crippen molar-refractivity contribution in [2.75, 3.05) is 0 Å². The average Bonchev–Trinajstić information content (AvgIpc) is 2.97. The van der Waals surface area contributed by atoms with Crippen molar-refractivity contribution >= 4 is 5.78 Å². The number of benzene rings is 2. The number of ketones is 1. The van der Waals surface area contributed by atoms with Crippen LogP contribution in [0.15, 0.2) is 60.8 Å². The zero-order valence-corrected chi connectivity index (χ0v) is 13.1. The Kier molecular flexibility index (Phi) is 3.79. The maximum Gasteiger partial charge on any atom is 0.222 e. The predicted molar refractivity (Wildman–Crippen MR) is 90.4 cm³/mol. The van der Waals surface area contributed by atoms with Gasteiger partial charge in [-0.1, -0.05) is 30.3 Å². The van der Waals surface area contributed by atoms with Gasteiger partial charge in [-0.3, -0.25) is 4.79 Å². The quantitative estimate of drug-likeness (QED) is 0.730. The molecule has 4 heteroatoms. The molecule has 0 bridgehead atoms. The third kappa shape index (κ3) is 3.04. The first-order chi connectivity index (χ1) is 11.8. The van der Waals surface area contributed by atoms with E-state index < -0.39 is 0 Å². The summed E-state index contributed by atoms with van der Waals surface area (Å²) in [5.74, 6) is 2.15. The van der Waals surface area contributed by atoms with E-state index in [2.05, 4.69) is 9.97 Å². The van der Waals surface area contributed by atoms with Gasteiger partial charge in [0.2, 0.25) is 5.88 Å². The lowest BCUT2D eigenvalue weighted by Crippen LogP contribution is -1.98. The summed E-state index contributed by atoms with van der Waals surface area (Å²) in [5, 5.41) is 0. The molecule has 2 aromatic carbocycles. The van der Waals surface area contributed by atoms with E-state index in [9.17, 15) is 4.79 Å². The van der Waals surface area contributed by atoms with Crippen molar-refractivity contribution in [2.24, 2.45) is 0 Å². The van der Waals surface area contributed by atoms with Crippen LogP contribution in [0.4, 0.5) is 0 Å². The van der Waals surface area contributed by atoms with Crippen LogP contribution < -0.4 is 4.74 Å². The highest BCUT2D eigenvalue weighted by molar-refractivity contribution is 6.00. The Labute approximate surface area is 140 Å². The molecular formula is C20H16N2O2. The molecule has 0 unspecified atom stereocenters. The van der Waals surface area contributed by atoms with Gasteiger partial charge in [0.05, 0.1) is 0 Å². The first-order valence-electron chi connectivity index (χ1n) is 7.98. The standard InChI is InChI=1S/C20H16N2O2/c23-18-9-6-15-13-16(7-8-17(15)18)24-20-10-11-21-19(22-20)12-14-4-2-1-3-5-14/h1-5,7-8,10-11,13H,6,9,12H2. The van der Waals surface area contributed by atoms with Gasteiger partial charge in [-0.15, -0.1) is 0 Å². The smallest absolute Gasteiger partial charge is 0.222 e. The van der Waals surface area contributed by atoms with E-state index >= 15 is 0 Å². The third-order valence-electron chi connectivity index (χ3n) is 4.11. The van der Waals surface area contributed by atoms with Crippen LogP contribution in [0.5, 0.6) is 11.6 Å². The third-order valence-corrected chi connectivity index (χ3v) is 4.11. The van der Waals surface area contributed by atoms with Crippen molar-refractivity contribution in [2.45, 2.75) is 19.3 Å². The molecule has 4 nitrogen and oxygen atoms in total. The fraction of sp³-hybridized carbons (Fsp3) is 0.150. The molecular weight excluding hydrogens is 300 g/mol. The molecule has 24 heavy (non-hydrogen) atoms. The molecule has 0 saturated heterocycles. The molecule has 0 N–H and O–H groups in total. The Balaban J connectivity index is 1.53. The number of carbonyl (C=O) groups excluding carboxylic acids is 1. The Bertz CT molecular complexity index is 891. The molecule has 1 heterocycles. The Morgan fingerprint density at radius 3 is 2.75 bits per heavy atom. The summed E-state index contributed by atoms with van der Waals surface area (Å²) < 4.78 is 5.85. The number of aromatic nitrogens is 2. The minimum atomic E-state index is 0.212. The van der Waals surface area contributed by atoms with Gasteiger partial charge in [-0.2, -0.15) is 4.98 Å². The molecule has 0 radical (unpaired) electrons. The van der Waals surface area contributed by atoms with Crippen molar-refractivity contribution in [3.63, 3.8) is 0 Å². The van der Waals surface area contributed by atoms with Crippen LogP contribution in [0.3, 0.4) is 0 Å². The molecule has 1 aliphatic rings. The number of hydrogen-bond acceptors (Lipinski definition) is 4. The molecule has 4 rings (SSSR count). The van der Waals surface area contributed by atoms with E-state index in [-0.39, 0.29) is 5.78 Å². The maximum absolute atomic E-state index is 11.7. The van der Waals surface area contributed by atoms with Gasteiger partial charge < -0.3 is 4.74 Å². The highest BCUT2D eigenvalue weighted by Crippen LogP contribution is 2.28. The number of Topliss-reactive ketones (excluding diaryl/α,β-unsaturated/α-hetero) is 1. The molecule has 1 aromatic heterocycles. The molecule has 0 atom stereocenters. The number of ether oxygens (including phenoxy) is 1. The number of aryl methyl sites for hydroxylation is 1. The normalized spacial score (nSPS) is 12.9. The van der Waals surface area contributed by atoms with Crippen LogP contribution in [-0.4, -0.2) is 15.8 Å². The van der Waals surface area contributed by atoms with E-state index in [1.54, 1.807) is 12.3 Å². The first-order valence-corrected chi connectivity index (χ1v) is 7.98. The van der Waals surface area contributed by atoms with Crippen LogP contribution in [-0.2, 0) is 12.8 Å². The van der Waals surface area contributed by atoms with Crippen LogP contribution in [0.2, 0.25) is 0 Å². The number of carbonyl (C=O) groups is 1. The van der Waals surface area contributed by atoms with Gasteiger partial charge in [-0.25, -0.2) is 4.98 Å². The molecule has 0 saturated carbocycles. The summed E-state index contributed by atoms with van der Waals surface area (Å²) in [6.45, 7) is 0. The lowest BCUT2D eigenvalue weighted by atomic mass is 10.1. The highest BCUT2D eigenvalue weighted by Gasteiger charge is 2.19. The lowest BCUT2D eigenvalue weighted by Gasteiger charge is -2.08. The fourth-order valence-electron chi connectivity index (χ4n) is 2.92.